The predicted octanol–water partition coefficient (Wildman–Crippen LogP) is 5.18. The maximum absolute atomic E-state index is 12.8. The Bertz CT molecular complexity index is 1250. The highest BCUT2D eigenvalue weighted by Crippen LogP contribution is 2.26. The number of aryl methyl sites for hydroxylation is 2. The van der Waals surface area contributed by atoms with E-state index in [2.05, 4.69) is 30.3 Å². The fraction of sp³-hybridized carbons (Fsp3) is 0.240. The van der Waals surface area contributed by atoms with Crippen molar-refractivity contribution in [1.82, 2.24) is 24.2 Å². The standard InChI is InChI=1S/C25H29N7OS/c1-17-6-7-20(14-22(17)34(33)31-25(3,4)5)28-23-18(2)15-27-24(30-23)29-19-8-10-21(11-9-19)32-13-12-26-16-32/h6-16,31H,1-5H3,(H2,27,28,29,30). The van der Waals surface area contributed by atoms with Crippen molar-refractivity contribution in [2.75, 3.05) is 10.6 Å². The first kappa shape index (κ1) is 23.7. The normalized spacial score (nSPS) is 12.4. The van der Waals surface area contributed by atoms with Crippen molar-refractivity contribution in [3.05, 3.63) is 78.5 Å². The first-order valence-electron chi connectivity index (χ1n) is 10.9. The predicted molar refractivity (Wildman–Crippen MR) is 137 cm³/mol. The van der Waals surface area contributed by atoms with Crippen LogP contribution in [0.3, 0.4) is 0 Å². The van der Waals surface area contributed by atoms with Gasteiger partial charge in [0.25, 0.3) is 0 Å². The van der Waals surface area contributed by atoms with E-state index in [0.717, 1.165) is 33.1 Å². The molecule has 9 heteroatoms. The molecular weight excluding hydrogens is 446 g/mol. The summed E-state index contributed by atoms with van der Waals surface area (Å²) in [5, 5.41) is 6.60. The maximum Gasteiger partial charge on any atom is 0.229 e. The Morgan fingerprint density at radius 1 is 0.941 bits per heavy atom. The highest BCUT2D eigenvalue weighted by Gasteiger charge is 2.23. The maximum atomic E-state index is 12.8. The van der Waals surface area contributed by atoms with Gasteiger partial charge in [0.15, 0.2) is 4.90 Å². The number of aromatic nitrogens is 4. The van der Waals surface area contributed by atoms with Crippen molar-refractivity contribution in [2.45, 2.75) is 45.1 Å². The fourth-order valence-corrected chi connectivity index (χ4v) is 4.49. The number of anilines is 4. The van der Waals surface area contributed by atoms with Crippen LogP contribution in [0.4, 0.5) is 23.1 Å². The fourth-order valence-electron chi connectivity index (χ4n) is 3.23. The van der Waals surface area contributed by atoms with Crippen molar-refractivity contribution in [1.29, 1.82) is 0 Å². The van der Waals surface area contributed by atoms with Gasteiger partial charge in [0, 0.05) is 52.8 Å². The molecule has 176 valence electrons. The van der Waals surface area contributed by atoms with Crippen LogP contribution < -0.4 is 15.4 Å². The van der Waals surface area contributed by atoms with Crippen LogP contribution in [0.5, 0.6) is 0 Å². The van der Waals surface area contributed by atoms with Gasteiger partial charge >= 0.3 is 0 Å². The van der Waals surface area contributed by atoms with E-state index in [4.69, 9.17) is 0 Å². The molecule has 4 aromatic rings. The molecular formula is C25H29N7OS. The monoisotopic (exact) mass is 475 g/mol. The molecule has 0 aliphatic heterocycles. The van der Waals surface area contributed by atoms with Gasteiger partial charge in [-0.25, -0.2) is 9.97 Å². The Hall–Kier alpha value is -3.40. The largest absolute Gasteiger partial charge is 0.593 e. The Balaban J connectivity index is 1.51. The molecule has 2 aromatic carbocycles. The van der Waals surface area contributed by atoms with Crippen LogP contribution in [0.15, 0.2) is 72.3 Å². The highest BCUT2D eigenvalue weighted by atomic mass is 32.2. The first-order chi connectivity index (χ1) is 16.2. The number of rotatable bonds is 7. The first-order valence-corrected chi connectivity index (χ1v) is 12.1. The molecule has 0 spiro atoms. The summed E-state index contributed by atoms with van der Waals surface area (Å²) in [7, 11) is 0. The molecule has 8 nitrogen and oxygen atoms in total. The number of hydrogen-bond acceptors (Lipinski definition) is 7. The van der Waals surface area contributed by atoms with Gasteiger partial charge in [0.2, 0.25) is 5.95 Å². The second-order valence-corrected chi connectivity index (χ2v) is 10.3. The van der Waals surface area contributed by atoms with Gasteiger partial charge in [-0.15, -0.1) is 4.72 Å². The molecule has 3 N–H and O–H groups in total. The average Bonchev–Trinajstić information content (AvgIpc) is 3.31. The van der Waals surface area contributed by atoms with Crippen LogP contribution in [-0.2, 0) is 11.4 Å². The molecule has 0 amide bonds. The Morgan fingerprint density at radius 2 is 1.68 bits per heavy atom. The summed E-state index contributed by atoms with van der Waals surface area (Å²) in [6, 6.07) is 13.7. The number of imidazole rings is 1. The van der Waals surface area contributed by atoms with Crippen LogP contribution in [0.1, 0.15) is 31.9 Å². The zero-order chi connectivity index (χ0) is 24.3. The molecule has 0 aliphatic rings. The number of nitrogens with zero attached hydrogens (tertiary/aromatic N) is 4. The zero-order valence-electron chi connectivity index (χ0n) is 20.0. The van der Waals surface area contributed by atoms with Crippen LogP contribution in [-0.4, -0.2) is 29.6 Å². The minimum atomic E-state index is -1.32. The molecule has 0 bridgehead atoms. The second kappa shape index (κ2) is 9.84. The van der Waals surface area contributed by atoms with E-state index in [1.165, 1.54) is 0 Å². The van der Waals surface area contributed by atoms with Gasteiger partial charge < -0.3 is 19.8 Å². The third-order valence-corrected chi connectivity index (χ3v) is 6.58. The van der Waals surface area contributed by atoms with Crippen molar-refractivity contribution in [3.63, 3.8) is 0 Å². The molecule has 2 aromatic heterocycles. The minimum absolute atomic E-state index is 0.262. The van der Waals surface area contributed by atoms with Crippen LogP contribution in [0, 0.1) is 13.8 Å². The van der Waals surface area contributed by atoms with E-state index in [1.807, 2.05) is 87.8 Å². The lowest BCUT2D eigenvalue weighted by Gasteiger charge is -2.22. The van der Waals surface area contributed by atoms with Crippen molar-refractivity contribution in [2.24, 2.45) is 0 Å². The number of benzene rings is 2. The van der Waals surface area contributed by atoms with E-state index >= 15 is 0 Å². The molecule has 0 radical (unpaired) electrons. The SMILES string of the molecule is Cc1ccc(Nc2nc(Nc3ccc(-n4ccnc4)cc3)ncc2C)cc1[S+]([O-])NC(C)(C)C. The minimum Gasteiger partial charge on any atom is -0.593 e. The molecule has 0 saturated heterocycles. The molecule has 4 rings (SSSR count). The quantitative estimate of drug-likeness (QED) is 0.317. The smallest absolute Gasteiger partial charge is 0.229 e. The summed E-state index contributed by atoms with van der Waals surface area (Å²) in [6.07, 6.45) is 7.17. The molecule has 1 unspecified atom stereocenters. The molecule has 0 aliphatic carbocycles. The summed E-state index contributed by atoms with van der Waals surface area (Å²) in [5.41, 5.74) is 4.30. The van der Waals surface area contributed by atoms with Crippen LogP contribution in [0.25, 0.3) is 5.69 Å². The summed E-state index contributed by atoms with van der Waals surface area (Å²) in [5.74, 6) is 1.16. The molecule has 0 saturated carbocycles. The lowest BCUT2D eigenvalue weighted by Crippen LogP contribution is -2.40. The summed E-state index contributed by atoms with van der Waals surface area (Å²) < 4.78 is 17.9. The van der Waals surface area contributed by atoms with E-state index in [9.17, 15) is 4.55 Å². The number of nitrogens with one attached hydrogen (secondary N) is 3. The van der Waals surface area contributed by atoms with Gasteiger partial charge in [-0.3, -0.25) is 0 Å². The Labute approximate surface area is 203 Å². The zero-order valence-corrected chi connectivity index (χ0v) is 20.8. The van der Waals surface area contributed by atoms with E-state index in [0.29, 0.717) is 11.8 Å². The lowest BCUT2D eigenvalue weighted by atomic mass is 10.1. The van der Waals surface area contributed by atoms with E-state index in [-0.39, 0.29) is 5.54 Å². The molecule has 34 heavy (non-hydrogen) atoms. The van der Waals surface area contributed by atoms with Crippen LogP contribution in [0.2, 0.25) is 0 Å². The van der Waals surface area contributed by atoms with Crippen molar-refractivity contribution >= 4 is 34.5 Å². The van der Waals surface area contributed by atoms with Gasteiger partial charge in [0.05, 0.1) is 23.2 Å². The van der Waals surface area contributed by atoms with E-state index in [1.54, 1.807) is 18.7 Å². The molecule has 2 heterocycles. The summed E-state index contributed by atoms with van der Waals surface area (Å²) in [4.78, 5) is 13.9. The third kappa shape index (κ3) is 5.93. The van der Waals surface area contributed by atoms with Crippen molar-refractivity contribution < 1.29 is 4.55 Å². The van der Waals surface area contributed by atoms with Crippen LogP contribution >= 0.6 is 0 Å². The second-order valence-electron chi connectivity index (χ2n) is 9.09. The van der Waals surface area contributed by atoms with E-state index < -0.39 is 11.4 Å². The molecule has 1 atom stereocenters. The number of hydrogen-bond donors (Lipinski definition) is 3. The van der Waals surface area contributed by atoms with Crippen molar-refractivity contribution in [3.8, 4) is 5.69 Å². The Kier molecular flexibility index (Phi) is 6.87. The van der Waals surface area contributed by atoms with Gasteiger partial charge in [-0.2, -0.15) is 4.98 Å². The summed E-state index contributed by atoms with van der Waals surface area (Å²) >= 11 is -1.32. The highest BCUT2D eigenvalue weighted by molar-refractivity contribution is 7.89. The lowest BCUT2D eigenvalue weighted by molar-refractivity contribution is 0.490. The average molecular weight is 476 g/mol. The third-order valence-electron chi connectivity index (χ3n) is 4.95. The van der Waals surface area contributed by atoms with Gasteiger partial charge in [0.1, 0.15) is 5.82 Å². The summed E-state index contributed by atoms with van der Waals surface area (Å²) in [6.45, 7) is 9.88. The van der Waals surface area contributed by atoms with Gasteiger partial charge in [-0.1, -0.05) is 6.07 Å². The molecule has 0 fully saturated rings. The topological polar surface area (TPSA) is 103 Å². The Morgan fingerprint density at radius 3 is 2.35 bits per heavy atom. The van der Waals surface area contributed by atoms with Gasteiger partial charge in [-0.05, 0) is 65.0 Å².